The maximum atomic E-state index is 13.8. The molecule has 1 fully saturated rings. The van der Waals surface area contributed by atoms with Gasteiger partial charge in [-0.15, -0.1) is 11.8 Å². The summed E-state index contributed by atoms with van der Waals surface area (Å²) in [6.45, 7) is 4.59. The third-order valence-corrected chi connectivity index (χ3v) is 8.29. The Morgan fingerprint density at radius 3 is 2.11 bits per heavy atom. The van der Waals surface area contributed by atoms with Crippen molar-refractivity contribution in [3.8, 4) is 0 Å². The minimum absolute atomic E-state index is 0.00402. The van der Waals surface area contributed by atoms with Gasteiger partial charge in [0.25, 0.3) is 0 Å². The molecule has 37 heavy (non-hydrogen) atoms. The zero-order valence-corrected chi connectivity index (χ0v) is 22.8. The Kier molecular flexibility index (Phi) is 9.84. The van der Waals surface area contributed by atoms with Gasteiger partial charge in [-0.25, -0.2) is 0 Å². The SMILES string of the molecule is Cc1ccccc1CSCC(=O)N(Cc1ccccc1C)[C@H](Cc1ccccc1)C(=O)NC1CCCC1. The molecule has 4 rings (SSSR count). The van der Waals surface area contributed by atoms with Crippen LogP contribution in [0, 0.1) is 13.8 Å². The number of thioether (sulfide) groups is 1. The van der Waals surface area contributed by atoms with Gasteiger partial charge in [0.1, 0.15) is 6.04 Å². The maximum Gasteiger partial charge on any atom is 0.243 e. The van der Waals surface area contributed by atoms with Crippen LogP contribution in [0.25, 0.3) is 0 Å². The van der Waals surface area contributed by atoms with E-state index in [0.717, 1.165) is 48.1 Å². The van der Waals surface area contributed by atoms with Crippen molar-refractivity contribution < 1.29 is 9.59 Å². The van der Waals surface area contributed by atoms with Crippen LogP contribution in [0.1, 0.15) is 53.5 Å². The van der Waals surface area contributed by atoms with E-state index in [2.05, 4.69) is 43.4 Å². The lowest BCUT2D eigenvalue weighted by molar-refractivity contribution is -0.139. The molecule has 1 saturated carbocycles. The molecule has 3 aromatic carbocycles. The van der Waals surface area contributed by atoms with Gasteiger partial charge in [0.15, 0.2) is 0 Å². The van der Waals surface area contributed by atoms with E-state index in [1.165, 1.54) is 11.1 Å². The second-order valence-corrected chi connectivity index (χ2v) is 11.0. The Labute approximate surface area is 225 Å². The highest BCUT2D eigenvalue weighted by Crippen LogP contribution is 2.22. The van der Waals surface area contributed by atoms with Crippen LogP contribution in [0.15, 0.2) is 78.9 Å². The first kappa shape index (κ1) is 27.0. The number of hydrogen-bond donors (Lipinski definition) is 1. The molecule has 0 aromatic heterocycles. The molecule has 0 aliphatic heterocycles. The van der Waals surface area contributed by atoms with Crippen molar-refractivity contribution in [3.05, 3.63) is 107 Å². The van der Waals surface area contributed by atoms with Gasteiger partial charge in [-0.3, -0.25) is 9.59 Å². The molecule has 1 aliphatic carbocycles. The lowest BCUT2D eigenvalue weighted by atomic mass is 10.0. The lowest BCUT2D eigenvalue weighted by Gasteiger charge is -2.32. The normalized spacial score (nSPS) is 14.3. The summed E-state index contributed by atoms with van der Waals surface area (Å²) in [6.07, 6.45) is 4.83. The predicted molar refractivity (Wildman–Crippen MR) is 153 cm³/mol. The first-order valence-corrected chi connectivity index (χ1v) is 14.5. The molecule has 0 heterocycles. The van der Waals surface area contributed by atoms with Crippen LogP contribution in [0.5, 0.6) is 0 Å². The van der Waals surface area contributed by atoms with Crippen LogP contribution in [-0.4, -0.2) is 34.6 Å². The Hall–Kier alpha value is -3.05. The third kappa shape index (κ3) is 7.72. The summed E-state index contributed by atoms with van der Waals surface area (Å²) in [5.41, 5.74) is 5.74. The number of amides is 2. The molecule has 0 unspecified atom stereocenters. The van der Waals surface area contributed by atoms with Gasteiger partial charge >= 0.3 is 0 Å². The molecule has 3 aromatic rings. The van der Waals surface area contributed by atoms with E-state index in [1.807, 2.05) is 59.5 Å². The van der Waals surface area contributed by atoms with Crippen LogP contribution in [-0.2, 0) is 28.3 Å². The largest absolute Gasteiger partial charge is 0.352 e. The van der Waals surface area contributed by atoms with Crippen LogP contribution >= 0.6 is 11.8 Å². The Morgan fingerprint density at radius 2 is 1.46 bits per heavy atom. The van der Waals surface area contributed by atoms with Gasteiger partial charge in [-0.1, -0.05) is 91.7 Å². The van der Waals surface area contributed by atoms with Crippen molar-refractivity contribution in [1.29, 1.82) is 0 Å². The van der Waals surface area contributed by atoms with E-state index >= 15 is 0 Å². The molecule has 2 amide bonds. The zero-order chi connectivity index (χ0) is 26.0. The van der Waals surface area contributed by atoms with Crippen molar-refractivity contribution >= 4 is 23.6 Å². The highest BCUT2D eigenvalue weighted by molar-refractivity contribution is 7.99. The van der Waals surface area contributed by atoms with Gasteiger partial charge < -0.3 is 10.2 Å². The standard InChI is InChI=1S/C32H38N2O2S/c1-24-12-6-8-16-27(24)21-34(31(35)23-37-22-28-17-9-7-13-25(28)2)30(20-26-14-4-3-5-15-26)32(36)33-29-18-10-11-19-29/h3-9,12-17,29-30H,10-11,18-23H2,1-2H3,(H,33,36)/t30-/m1/s1. The number of nitrogens with one attached hydrogen (secondary N) is 1. The number of benzene rings is 3. The van der Waals surface area contributed by atoms with Gasteiger partial charge in [0, 0.05) is 24.8 Å². The molecule has 0 spiro atoms. The van der Waals surface area contributed by atoms with Crippen molar-refractivity contribution in [2.45, 2.75) is 70.3 Å². The summed E-state index contributed by atoms with van der Waals surface area (Å²) in [7, 11) is 0. The summed E-state index contributed by atoms with van der Waals surface area (Å²) in [6, 6.07) is 26.1. The molecule has 0 bridgehead atoms. The summed E-state index contributed by atoms with van der Waals surface area (Å²) < 4.78 is 0. The number of rotatable bonds is 11. The molecular formula is C32H38N2O2S. The third-order valence-electron chi connectivity index (χ3n) is 7.32. The molecular weight excluding hydrogens is 476 g/mol. The number of aryl methyl sites for hydroxylation is 2. The fourth-order valence-electron chi connectivity index (χ4n) is 5.00. The van der Waals surface area contributed by atoms with Crippen LogP contribution < -0.4 is 5.32 Å². The smallest absolute Gasteiger partial charge is 0.243 e. The quantitative estimate of drug-likeness (QED) is 0.330. The molecule has 0 saturated heterocycles. The number of carbonyl (C=O) groups is 2. The minimum atomic E-state index is -0.561. The Bertz CT molecular complexity index is 1170. The molecule has 4 nitrogen and oxygen atoms in total. The van der Waals surface area contributed by atoms with Gasteiger partial charge in [0.05, 0.1) is 5.75 Å². The highest BCUT2D eigenvalue weighted by atomic mass is 32.2. The van der Waals surface area contributed by atoms with Gasteiger partial charge in [-0.2, -0.15) is 0 Å². The minimum Gasteiger partial charge on any atom is -0.352 e. The van der Waals surface area contributed by atoms with E-state index in [-0.39, 0.29) is 17.9 Å². The summed E-state index contributed by atoms with van der Waals surface area (Å²) in [5, 5.41) is 3.28. The Balaban J connectivity index is 1.58. The van der Waals surface area contributed by atoms with Gasteiger partial charge in [-0.05, 0) is 54.5 Å². The van der Waals surface area contributed by atoms with Crippen molar-refractivity contribution in [3.63, 3.8) is 0 Å². The second-order valence-electron chi connectivity index (χ2n) is 10.1. The maximum absolute atomic E-state index is 13.8. The Morgan fingerprint density at radius 1 is 0.865 bits per heavy atom. The number of hydrogen-bond acceptors (Lipinski definition) is 3. The molecule has 1 atom stereocenters. The summed E-state index contributed by atoms with van der Waals surface area (Å²) in [5.74, 6) is 1.07. The van der Waals surface area contributed by atoms with Gasteiger partial charge in [0.2, 0.25) is 11.8 Å². The van der Waals surface area contributed by atoms with Crippen LogP contribution in [0.2, 0.25) is 0 Å². The predicted octanol–water partition coefficient (Wildman–Crippen LogP) is 6.24. The average Bonchev–Trinajstić information content (AvgIpc) is 3.42. The van der Waals surface area contributed by atoms with E-state index in [0.29, 0.717) is 18.7 Å². The monoisotopic (exact) mass is 514 g/mol. The van der Waals surface area contributed by atoms with E-state index in [1.54, 1.807) is 11.8 Å². The first-order valence-electron chi connectivity index (χ1n) is 13.3. The van der Waals surface area contributed by atoms with Crippen LogP contribution in [0.3, 0.4) is 0 Å². The second kappa shape index (κ2) is 13.5. The highest BCUT2D eigenvalue weighted by Gasteiger charge is 2.32. The van der Waals surface area contributed by atoms with E-state index in [9.17, 15) is 9.59 Å². The van der Waals surface area contributed by atoms with E-state index < -0.39 is 6.04 Å². The molecule has 1 N–H and O–H groups in total. The van der Waals surface area contributed by atoms with Crippen molar-refractivity contribution in [2.75, 3.05) is 5.75 Å². The van der Waals surface area contributed by atoms with E-state index in [4.69, 9.17) is 0 Å². The average molecular weight is 515 g/mol. The zero-order valence-electron chi connectivity index (χ0n) is 22.0. The van der Waals surface area contributed by atoms with Crippen molar-refractivity contribution in [2.24, 2.45) is 0 Å². The molecule has 194 valence electrons. The fourth-order valence-corrected chi connectivity index (χ4v) is 5.98. The molecule has 5 heteroatoms. The first-order chi connectivity index (χ1) is 18.0. The number of nitrogens with zero attached hydrogens (tertiary/aromatic N) is 1. The number of carbonyl (C=O) groups excluding carboxylic acids is 2. The fraction of sp³-hybridized carbons (Fsp3) is 0.375. The lowest BCUT2D eigenvalue weighted by Crippen LogP contribution is -2.52. The van der Waals surface area contributed by atoms with Crippen LogP contribution in [0.4, 0.5) is 0 Å². The molecule has 0 radical (unpaired) electrons. The molecule has 1 aliphatic rings. The van der Waals surface area contributed by atoms with Crippen molar-refractivity contribution in [1.82, 2.24) is 10.2 Å². The summed E-state index contributed by atoms with van der Waals surface area (Å²) >= 11 is 1.62. The topological polar surface area (TPSA) is 49.4 Å². The summed E-state index contributed by atoms with van der Waals surface area (Å²) in [4.78, 5) is 29.4.